The van der Waals surface area contributed by atoms with E-state index in [0.717, 1.165) is 35.8 Å². The lowest BCUT2D eigenvalue weighted by molar-refractivity contribution is -0.114. The average Bonchev–Trinajstić information content (AvgIpc) is 3.28. The normalized spacial score (nSPS) is 15.3. The molecule has 1 saturated carbocycles. The predicted octanol–water partition coefficient (Wildman–Crippen LogP) is 2.33. The number of amides is 1. The summed E-state index contributed by atoms with van der Waals surface area (Å²) < 4.78 is 0. The van der Waals surface area contributed by atoms with Crippen LogP contribution in [0, 0.1) is 0 Å². The van der Waals surface area contributed by atoms with Gasteiger partial charge in [-0.3, -0.25) is 9.78 Å². The summed E-state index contributed by atoms with van der Waals surface area (Å²) in [6.45, 7) is 1.44. The van der Waals surface area contributed by atoms with Gasteiger partial charge in [0, 0.05) is 31.1 Å². The molecule has 0 saturated heterocycles. The number of aromatic nitrogens is 2. The highest BCUT2D eigenvalue weighted by Crippen LogP contribution is 2.46. The molecule has 0 atom stereocenters. The van der Waals surface area contributed by atoms with Crippen LogP contribution in [-0.2, 0) is 15.0 Å². The SMILES string of the molecule is CC(=O)Nc1cc(-c2cncc(C3(C=O)CC3)c2)ccn1. The van der Waals surface area contributed by atoms with E-state index in [1.54, 1.807) is 24.7 Å². The van der Waals surface area contributed by atoms with Crippen molar-refractivity contribution in [2.24, 2.45) is 0 Å². The Kier molecular flexibility index (Phi) is 3.25. The van der Waals surface area contributed by atoms with Crippen LogP contribution < -0.4 is 5.32 Å². The Morgan fingerprint density at radius 2 is 2.10 bits per heavy atom. The molecule has 0 unspecified atom stereocenters. The van der Waals surface area contributed by atoms with Crippen LogP contribution in [0.2, 0.25) is 0 Å². The summed E-state index contributed by atoms with van der Waals surface area (Å²) in [5.41, 5.74) is 2.43. The molecular weight excluding hydrogens is 266 g/mol. The van der Waals surface area contributed by atoms with E-state index < -0.39 is 0 Å². The van der Waals surface area contributed by atoms with Gasteiger partial charge in [0.1, 0.15) is 12.1 Å². The number of pyridine rings is 2. The molecule has 1 aliphatic rings. The van der Waals surface area contributed by atoms with Crippen LogP contribution in [0.15, 0.2) is 36.8 Å². The Bertz CT molecular complexity index is 708. The topological polar surface area (TPSA) is 72.0 Å². The van der Waals surface area contributed by atoms with Crippen molar-refractivity contribution in [1.29, 1.82) is 0 Å². The van der Waals surface area contributed by atoms with E-state index in [0.29, 0.717) is 5.82 Å². The number of carbonyl (C=O) groups excluding carboxylic acids is 2. The van der Waals surface area contributed by atoms with Crippen molar-refractivity contribution in [3.8, 4) is 11.1 Å². The van der Waals surface area contributed by atoms with Crippen molar-refractivity contribution >= 4 is 18.0 Å². The Morgan fingerprint density at radius 3 is 2.76 bits per heavy atom. The van der Waals surface area contributed by atoms with Crippen LogP contribution in [-0.4, -0.2) is 22.2 Å². The zero-order chi connectivity index (χ0) is 14.9. The Labute approximate surface area is 122 Å². The molecule has 0 radical (unpaired) electrons. The van der Waals surface area contributed by atoms with Crippen LogP contribution >= 0.6 is 0 Å². The van der Waals surface area contributed by atoms with Gasteiger partial charge < -0.3 is 10.1 Å². The van der Waals surface area contributed by atoms with E-state index in [2.05, 4.69) is 15.3 Å². The molecule has 1 fully saturated rings. The van der Waals surface area contributed by atoms with Crippen LogP contribution in [0.25, 0.3) is 11.1 Å². The molecule has 21 heavy (non-hydrogen) atoms. The molecule has 0 aromatic carbocycles. The van der Waals surface area contributed by atoms with E-state index in [4.69, 9.17) is 0 Å². The van der Waals surface area contributed by atoms with E-state index in [9.17, 15) is 9.59 Å². The Balaban J connectivity index is 1.95. The highest BCUT2D eigenvalue weighted by molar-refractivity contribution is 5.88. The lowest BCUT2D eigenvalue weighted by Crippen LogP contribution is -2.08. The van der Waals surface area contributed by atoms with Gasteiger partial charge in [0.05, 0.1) is 5.41 Å². The van der Waals surface area contributed by atoms with Crippen LogP contribution in [0.5, 0.6) is 0 Å². The monoisotopic (exact) mass is 281 g/mol. The van der Waals surface area contributed by atoms with Gasteiger partial charge in [-0.2, -0.15) is 0 Å². The van der Waals surface area contributed by atoms with Gasteiger partial charge in [-0.15, -0.1) is 0 Å². The fraction of sp³-hybridized carbons (Fsp3) is 0.250. The predicted molar refractivity (Wildman–Crippen MR) is 78.7 cm³/mol. The smallest absolute Gasteiger partial charge is 0.222 e. The number of hydrogen-bond acceptors (Lipinski definition) is 4. The van der Waals surface area contributed by atoms with Crippen LogP contribution in [0.1, 0.15) is 25.3 Å². The molecule has 2 aromatic heterocycles. The molecular formula is C16H15N3O2. The minimum atomic E-state index is -0.337. The molecule has 3 rings (SSSR count). The van der Waals surface area contributed by atoms with Crippen molar-refractivity contribution in [3.63, 3.8) is 0 Å². The van der Waals surface area contributed by atoms with E-state index in [1.807, 2.05) is 12.1 Å². The number of rotatable bonds is 4. The van der Waals surface area contributed by atoms with Gasteiger partial charge in [0.2, 0.25) is 5.91 Å². The number of nitrogens with zero attached hydrogens (tertiary/aromatic N) is 2. The minimum absolute atomic E-state index is 0.163. The zero-order valence-corrected chi connectivity index (χ0v) is 11.7. The molecule has 1 N–H and O–H groups in total. The summed E-state index contributed by atoms with van der Waals surface area (Å²) in [6.07, 6.45) is 7.92. The molecule has 5 nitrogen and oxygen atoms in total. The van der Waals surface area contributed by atoms with Gasteiger partial charge in [0.15, 0.2) is 0 Å². The maximum atomic E-state index is 11.2. The number of aldehydes is 1. The lowest BCUT2D eigenvalue weighted by atomic mass is 9.96. The number of carbonyl (C=O) groups is 2. The first-order valence-electron chi connectivity index (χ1n) is 6.79. The zero-order valence-electron chi connectivity index (χ0n) is 11.7. The van der Waals surface area contributed by atoms with Gasteiger partial charge in [-0.1, -0.05) is 0 Å². The molecule has 0 bridgehead atoms. The summed E-state index contributed by atoms with van der Waals surface area (Å²) in [6, 6.07) is 5.64. The van der Waals surface area contributed by atoms with E-state index >= 15 is 0 Å². The van der Waals surface area contributed by atoms with Crippen molar-refractivity contribution < 1.29 is 9.59 Å². The summed E-state index contributed by atoms with van der Waals surface area (Å²) in [7, 11) is 0. The second kappa shape index (κ2) is 5.09. The van der Waals surface area contributed by atoms with Crippen molar-refractivity contribution in [1.82, 2.24) is 9.97 Å². The van der Waals surface area contributed by atoms with Gasteiger partial charge in [-0.05, 0) is 42.2 Å². The molecule has 0 spiro atoms. The summed E-state index contributed by atoms with van der Waals surface area (Å²) in [5.74, 6) is 0.339. The highest BCUT2D eigenvalue weighted by atomic mass is 16.1. The van der Waals surface area contributed by atoms with Gasteiger partial charge >= 0.3 is 0 Å². The van der Waals surface area contributed by atoms with Crippen molar-refractivity contribution in [2.45, 2.75) is 25.2 Å². The molecule has 2 aromatic rings. The number of nitrogens with one attached hydrogen (secondary N) is 1. The van der Waals surface area contributed by atoms with Gasteiger partial charge in [-0.25, -0.2) is 4.98 Å². The number of hydrogen-bond donors (Lipinski definition) is 1. The Hall–Kier alpha value is -2.56. The van der Waals surface area contributed by atoms with Crippen LogP contribution in [0.3, 0.4) is 0 Å². The average molecular weight is 281 g/mol. The first-order chi connectivity index (χ1) is 10.1. The van der Waals surface area contributed by atoms with Crippen molar-refractivity contribution in [2.75, 3.05) is 5.32 Å². The first-order valence-corrected chi connectivity index (χ1v) is 6.79. The second-order valence-corrected chi connectivity index (χ2v) is 5.35. The first kappa shape index (κ1) is 13.4. The number of anilines is 1. The third-order valence-electron chi connectivity index (χ3n) is 3.72. The van der Waals surface area contributed by atoms with E-state index in [1.165, 1.54) is 6.92 Å². The third kappa shape index (κ3) is 2.67. The molecule has 2 heterocycles. The van der Waals surface area contributed by atoms with Gasteiger partial charge in [0.25, 0.3) is 0 Å². The summed E-state index contributed by atoms with van der Waals surface area (Å²) >= 11 is 0. The third-order valence-corrected chi connectivity index (χ3v) is 3.72. The minimum Gasteiger partial charge on any atom is -0.311 e. The standard InChI is InChI=1S/C16H15N3O2/c1-11(21)19-15-7-12(2-5-18-15)13-6-14(9-17-8-13)16(10-20)3-4-16/h2,5-10H,3-4H2,1H3,(H,18,19,21). The second-order valence-electron chi connectivity index (χ2n) is 5.35. The highest BCUT2D eigenvalue weighted by Gasteiger charge is 2.44. The fourth-order valence-electron chi connectivity index (χ4n) is 2.34. The molecule has 5 heteroatoms. The Morgan fingerprint density at radius 1 is 1.29 bits per heavy atom. The molecule has 106 valence electrons. The van der Waals surface area contributed by atoms with E-state index in [-0.39, 0.29) is 11.3 Å². The fourth-order valence-corrected chi connectivity index (χ4v) is 2.34. The van der Waals surface area contributed by atoms with Crippen molar-refractivity contribution in [3.05, 3.63) is 42.4 Å². The quantitative estimate of drug-likeness (QED) is 0.873. The summed E-state index contributed by atoms with van der Waals surface area (Å²) in [4.78, 5) is 30.7. The molecule has 1 amide bonds. The largest absolute Gasteiger partial charge is 0.311 e. The lowest BCUT2D eigenvalue weighted by Gasteiger charge is -2.10. The molecule has 0 aliphatic heterocycles. The molecule has 1 aliphatic carbocycles. The maximum Gasteiger partial charge on any atom is 0.222 e. The summed E-state index contributed by atoms with van der Waals surface area (Å²) in [5, 5.41) is 2.66. The maximum absolute atomic E-state index is 11.2. The van der Waals surface area contributed by atoms with Crippen LogP contribution in [0.4, 0.5) is 5.82 Å².